The summed E-state index contributed by atoms with van der Waals surface area (Å²) in [6.07, 6.45) is -4.71. The fourth-order valence-electron chi connectivity index (χ4n) is 1.95. The molecule has 7 heteroatoms. The number of aliphatic hydroxyl groups excluding tert-OH is 1. The molecule has 0 fully saturated rings. The van der Waals surface area contributed by atoms with Crippen LogP contribution in [0.25, 0.3) is 0 Å². The molecule has 1 aromatic carbocycles. The lowest BCUT2D eigenvalue weighted by Crippen LogP contribution is -2.41. The maximum absolute atomic E-state index is 12.4. The first-order valence-electron chi connectivity index (χ1n) is 6.35. The molecule has 0 saturated carbocycles. The summed E-state index contributed by atoms with van der Waals surface area (Å²) in [5.41, 5.74) is 1.40. The van der Waals surface area contributed by atoms with Crippen LogP contribution in [0.2, 0.25) is 0 Å². The van der Waals surface area contributed by atoms with E-state index in [1.807, 2.05) is 6.92 Å². The number of amides is 1. The molecule has 0 bridgehead atoms. The predicted molar refractivity (Wildman–Crippen MR) is 71.2 cm³/mol. The van der Waals surface area contributed by atoms with E-state index in [2.05, 4.69) is 0 Å². The molecule has 118 valence electrons. The topological polar surface area (TPSA) is 49.8 Å². The summed E-state index contributed by atoms with van der Waals surface area (Å²) >= 11 is 0. The van der Waals surface area contributed by atoms with Crippen molar-refractivity contribution < 1.29 is 27.8 Å². The molecule has 1 N–H and O–H groups in total. The molecule has 0 spiro atoms. The molecule has 4 nitrogen and oxygen atoms in total. The van der Waals surface area contributed by atoms with Gasteiger partial charge in [0.1, 0.15) is 12.3 Å². The van der Waals surface area contributed by atoms with Crippen LogP contribution in [-0.4, -0.2) is 48.9 Å². The Balaban J connectivity index is 2.88. The second-order valence-corrected chi connectivity index (χ2v) is 4.65. The average Bonchev–Trinajstić information content (AvgIpc) is 2.37. The highest BCUT2D eigenvalue weighted by Crippen LogP contribution is 2.22. The number of benzene rings is 1. The lowest BCUT2D eigenvalue weighted by Gasteiger charge is -2.23. The van der Waals surface area contributed by atoms with Crippen LogP contribution in [0.4, 0.5) is 13.2 Å². The molecule has 0 aromatic heterocycles. The van der Waals surface area contributed by atoms with Crippen molar-refractivity contribution in [1.82, 2.24) is 4.90 Å². The summed E-state index contributed by atoms with van der Waals surface area (Å²) in [5, 5.41) is 8.81. The number of hydrogen-bond donors (Lipinski definition) is 1. The number of methoxy groups -OCH3 is 1. The number of carbonyl (C=O) groups excluding carboxylic acids is 1. The highest BCUT2D eigenvalue weighted by atomic mass is 19.4. The Morgan fingerprint density at radius 3 is 2.57 bits per heavy atom. The number of ether oxygens (including phenoxy) is 1. The molecular formula is C14H18F3NO3. The van der Waals surface area contributed by atoms with E-state index in [0.29, 0.717) is 16.2 Å². The van der Waals surface area contributed by atoms with Gasteiger partial charge >= 0.3 is 6.18 Å². The van der Waals surface area contributed by atoms with Crippen molar-refractivity contribution in [2.24, 2.45) is 0 Å². The van der Waals surface area contributed by atoms with Gasteiger partial charge in [-0.2, -0.15) is 13.2 Å². The molecule has 1 amide bonds. The van der Waals surface area contributed by atoms with E-state index >= 15 is 0 Å². The number of nitrogens with zero attached hydrogens (tertiary/aromatic N) is 1. The molecule has 0 unspecified atom stereocenters. The van der Waals surface area contributed by atoms with Gasteiger partial charge < -0.3 is 14.7 Å². The fraction of sp³-hybridized carbons (Fsp3) is 0.500. The largest absolute Gasteiger partial charge is 0.496 e. The normalized spacial score (nSPS) is 11.3. The number of hydrogen-bond acceptors (Lipinski definition) is 3. The molecule has 1 aromatic rings. The van der Waals surface area contributed by atoms with E-state index in [0.717, 1.165) is 5.56 Å². The van der Waals surface area contributed by atoms with Gasteiger partial charge in [0, 0.05) is 12.1 Å². The summed E-state index contributed by atoms with van der Waals surface area (Å²) in [6.45, 7) is -0.436. The van der Waals surface area contributed by atoms with Crippen LogP contribution >= 0.6 is 0 Å². The fourth-order valence-corrected chi connectivity index (χ4v) is 1.95. The van der Waals surface area contributed by atoms with Gasteiger partial charge in [-0.15, -0.1) is 0 Å². The van der Waals surface area contributed by atoms with Crippen molar-refractivity contribution in [2.75, 3.05) is 26.8 Å². The van der Waals surface area contributed by atoms with E-state index < -0.39 is 25.2 Å². The lowest BCUT2D eigenvalue weighted by molar-refractivity contribution is -0.161. The lowest BCUT2D eigenvalue weighted by atomic mass is 10.1. The van der Waals surface area contributed by atoms with Crippen LogP contribution in [0.3, 0.4) is 0 Å². The van der Waals surface area contributed by atoms with E-state index in [1.54, 1.807) is 18.2 Å². The first kappa shape index (κ1) is 17.3. The third-order valence-corrected chi connectivity index (χ3v) is 2.87. The SMILES string of the molecule is COc1ccc(C)cc1CC(=O)N(CCO)CC(F)(F)F. The third-order valence-electron chi connectivity index (χ3n) is 2.87. The second-order valence-electron chi connectivity index (χ2n) is 4.65. The zero-order valence-electron chi connectivity index (χ0n) is 11.9. The van der Waals surface area contributed by atoms with Crippen molar-refractivity contribution >= 4 is 5.91 Å². The summed E-state index contributed by atoms with van der Waals surface area (Å²) in [6, 6.07) is 5.15. The minimum Gasteiger partial charge on any atom is -0.496 e. The van der Waals surface area contributed by atoms with Crippen molar-refractivity contribution in [1.29, 1.82) is 0 Å². The van der Waals surface area contributed by atoms with E-state index in [-0.39, 0.29) is 13.0 Å². The molecular weight excluding hydrogens is 287 g/mol. The molecule has 0 heterocycles. The Hall–Kier alpha value is -1.76. The highest BCUT2D eigenvalue weighted by Gasteiger charge is 2.32. The summed E-state index contributed by atoms with van der Waals surface area (Å²) in [5.74, 6) is -0.254. The van der Waals surface area contributed by atoms with Crippen LogP contribution in [0.15, 0.2) is 18.2 Å². The predicted octanol–water partition coefficient (Wildman–Crippen LogP) is 1.93. The van der Waals surface area contributed by atoms with E-state index in [1.165, 1.54) is 7.11 Å². The molecule has 0 aliphatic carbocycles. The Morgan fingerprint density at radius 2 is 2.05 bits per heavy atom. The Bertz CT molecular complexity index is 489. The number of halogens is 3. The molecule has 21 heavy (non-hydrogen) atoms. The standard InChI is InChI=1S/C14H18F3NO3/c1-10-3-4-12(21-2)11(7-10)8-13(20)18(5-6-19)9-14(15,16)17/h3-4,7,19H,5-6,8-9H2,1-2H3. The van der Waals surface area contributed by atoms with Gasteiger partial charge in [0.15, 0.2) is 0 Å². The number of aliphatic hydroxyl groups is 1. The first-order valence-corrected chi connectivity index (χ1v) is 6.35. The summed E-state index contributed by atoms with van der Waals surface area (Å²) < 4.78 is 42.4. The van der Waals surface area contributed by atoms with Gasteiger partial charge in [0.2, 0.25) is 5.91 Å². The molecule has 0 radical (unpaired) electrons. The Kier molecular flexibility index (Phi) is 6.02. The number of aryl methyl sites for hydroxylation is 1. The highest BCUT2D eigenvalue weighted by molar-refractivity contribution is 5.79. The summed E-state index contributed by atoms with van der Waals surface area (Å²) in [4.78, 5) is 12.6. The van der Waals surface area contributed by atoms with Gasteiger partial charge in [-0.3, -0.25) is 4.79 Å². The number of alkyl halides is 3. The van der Waals surface area contributed by atoms with Gasteiger partial charge in [-0.25, -0.2) is 0 Å². The first-order chi connectivity index (χ1) is 9.76. The van der Waals surface area contributed by atoms with Gasteiger partial charge in [0.05, 0.1) is 20.1 Å². The zero-order chi connectivity index (χ0) is 16.0. The molecule has 0 atom stereocenters. The minimum atomic E-state index is -4.50. The van der Waals surface area contributed by atoms with Crippen molar-refractivity contribution in [2.45, 2.75) is 19.5 Å². The van der Waals surface area contributed by atoms with Gasteiger partial charge in [-0.1, -0.05) is 17.7 Å². The third kappa shape index (κ3) is 5.63. The van der Waals surface area contributed by atoms with E-state index in [9.17, 15) is 18.0 Å². The van der Waals surface area contributed by atoms with Crippen molar-refractivity contribution in [3.63, 3.8) is 0 Å². The van der Waals surface area contributed by atoms with Crippen LogP contribution < -0.4 is 4.74 Å². The van der Waals surface area contributed by atoms with Crippen LogP contribution in [0.5, 0.6) is 5.75 Å². The van der Waals surface area contributed by atoms with Gasteiger partial charge in [0.25, 0.3) is 0 Å². The Morgan fingerprint density at radius 1 is 1.38 bits per heavy atom. The van der Waals surface area contributed by atoms with E-state index in [4.69, 9.17) is 9.84 Å². The minimum absolute atomic E-state index is 0.207. The Labute approximate surface area is 121 Å². The van der Waals surface area contributed by atoms with Gasteiger partial charge in [-0.05, 0) is 13.0 Å². The second kappa shape index (κ2) is 7.31. The maximum Gasteiger partial charge on any atom is 0.406 e. The number of rotatable bonds is 6. The van der Waals surface area contributed by atoms with Crippen LogP contribution in [0, 0.1) is 6.92 Å². The average molecular weight is 305 g/mol. The van der Waals surface area contributed by atoms with Crippen LogP contribution in [-0.2, 0) is 11.2 Å². The van der Waals surface area contributed by atoms with Crippen LogP contribution in [0.1, 0.15) is 11.1 Å². The molecule has 0 saturated heterocycles. The van der Waals surface area contributed by atoms with Crippen molar-refractivity contribution in [3.05, 3.63) is 29.3 Å². The molecule has 0 aliphatic heterocycles. The maximum atomic E-state index is 12.4. The molecule has 0 aliphatic rings. The zero-order valence-corrected chi connectivity index (χ0v) is 11.9. The monoisotopic (exact) mass is 305 g/mol. The van der Waals surface area contributed by atoms with Crippen molar-refractivity contribution in [3.8, 4) is 5.75 Å². The molecule has 1 rings (SSSR count). The quantitative estimate of drug-likeness (QED) is 0.873. The summed E-state index contributed by atoms with van der Waals surface area (Å²) in [7, 11) is 1.43. The number of carbonyl (C=O) groups is 1. The smallest absolute Gasteiger partial charge is 0.406 e.